The number of hydrogen-bond donors (Lipinski definition) is 0. The number of nitrogens with zero attached hydrogens (tertiary/aromatic N) is 1. The van der Waals surface area contributed by atoms with Crippen molar-refractivity contribution in [2.24, 2.45) is 0 Å². The molecule has 0 heterocycles. The molecule has 0 fully saturated rings. The highest BCUT2D eigenvalue weighted by Gasteiger charge is 2.34. The lowest BCUT2D eigenvalue weighted by Gasteiger charge is -2.32. The molecule has 0 aromatic heterocycles. The molecule has 92 valence electrons. The maximum Gasteiger partial charge on any atom is 0.314 e. The van der Waals surface area contributed by atoms with E-state index in [1.54, 1.807) is 6.07 Å². The van der Waals surface area contributed by atoms with Crippen molar-refractivity contribution in [1.29, 1.82) is 0 Å². The second kappa shape index (κ2) is 4.02. The molecule has 0 atom stereocenters. The molecule has 0 radical (unpaired) electrons. The first-order valence-electron chi connectivity index (χ1n) is 5.82. The summed E-state index contributed by atoms with van der Waals surface area (Å²) in [4.78, 5) is 10.9. The first-order valence-corrected chi connectivity index (χ1v) is 5.82. The molecule has 0 saturated carbocycles. The van der Waals surface area contributed by atoms with Gasteiger partial charge in [0.05, 0.1) is 12.0 Å². The highest BCUT2D eigenvalue weighted by molar-refractivity contribution is 5.58. The predicted octanol–water partition coefficient (Wildman–Crippen LogP) is 3.22. The zero-order valence-corrected chi connectivity index (χ0v) is 10.4. The quantitative estimate of drug-likeness (QED) is 0.584. The molecule has 1 aromatic rings. The molecule has 0 saturated heterocycles. The van der Waals surface area contributed by atoms with Crippen LogP contribution in [0.4, 0.5) is 5.69 Å². The Morgan fingerprint density at radius 2 is 2.12 bits per heavy atom. The lowest BCUT2D eigenvalue weighted by Crippen LogP contribution is -2.24. The van der Waals surface area contributed by atoms with Gasteiger partial charge in [-0.2, -0.15) is 0 Å². The average Bonchev–Trinajstić information content (AvgIpc) is 2.26. The van der Waals surface area contributed by atoms with Gasteiger partial charge in [-0.25, -0.2) is 0 Å². The molecule has 0 amide bonds. The van der Waals surface area contributed by atoms with Gasteiger partial charge in [0.25, 0.3) is 0 Å². The summed E-state index contributed by atoms with van der Waals surface area (Å²) in [6.07, 6.45) is 2.84. The van der Waals surface area contributed by atoms with E-state index in [1.807, 2.05) is 6.07 Å². The van der Waals surface area contributed by atoms with Gasteiger partial charge in [-0.15, -0.1) is 0 Å². The normalized spacial score (nSPS) is 17.4. The van der Waals surface area contributed by atoms with Crippen LogP contribution in [0.15, 0.2) is 12.1 Å². The molecule has 17 heavy (non-hydrogen) atoms. The van der Waals surface area contributed by atoms with Gasteiger partial charge in [-0.05, 0) is 36.3 Å². The molecule has 1 aromatic carbocycles. The molecular weight excluding hydrogens is 218 g/mol. The highest BCUT2D eigenvalue weighted by atomic mass is 16.6. The Hall–Kier alpha value is -1.58. The number of nitro groups is 1. The van der Waals surface area contributed by atoms with Crippen molar-refractivity contribution in [3.63, 3.8) is 0 Å². The number of benzene rings is 1. The summed E-state index contributed by atoms with van der Waals surface area (Å²) in [6, 6.07) is 3.68. The largest absolute Gasteiger partial charge is 0.490 e. The molecule has 1 aliphatic rings. The molecule has 0 unspecified atom stereocenters. The van der Waals surface area contributed by atoms with Crippen LogP contribution in [0.3, 0.4) is 0 Å². The lowest BCUT2D eigenvalue weighted by atomic mass is 9.72. The minimum atomic E-state index is -0.320. The highest BCUT2D eigenvalue weighted by Crippen LogP contribution is 2.43. The molecule has 2 rings (SSSR count). The topological polar surface area (TPSA) is 52.4 Å². The molecular formula is C13H17NO3. The Labute approximate surface area is 101 Å². The van der Waals surface area contributed by atoms with Gasteiger partial charge in [0.15, 0.2) is 5.75 Å². The van der Waals surface area contributed by atoms with Crippen LogP contribution < -0.4 is 4.74 Å². The van der Waals surface area contributed by atoms with Crippen molar-refractivity contribution in [2.75, 3.05) is 7.11 Å². The number of fused-ring (bicyclic) bond motifs is 1. The van der Waals surface area contributed by atoms with Crippen LogP contribution in [0.2, 0.25) is 0 Å². The van der Waals surface area contributed by atoms with E-state index in [9.17, 15) is 10.1 Å². The van der Waals surface area contributed by atoms with E-state index in [4.69, 9.17) is 4.74 Å². The molecule has 0 N–H and O–H groups in total. The molecule has 0 aliphatic heterocycles. The van der Waals surface area contributed by atoms with Crippen molar-refractivity contribution >= 4 is 5.69 Å². The zero-order chi connectivity index (χ0) is 12.6. The number of nitro benzene ring substituents is 1. The third-order valence-corrected chi connectivity index (χ3v) is 3.61. The third kappa shape index (κ3) is 1.88. The Morgan fingerprint density at radius 1 is 1.41 bits per heavy atom. The summed E-state index contributed by atoms with van der Waals surface area (Å²) < 4.78 is 5.10. The van der Waals surface area contributed by atoms with Gasteiger partial charge < -0.3 is 4.74 Å². The van der Waals surface area contributed by atoms with Crippen molar-refractivity contribution < 1.29 is 9.66 Å². The summed E-state index contributed by atoms with van der Waals surface area (Å²) >= 11 is 0. The Morgan fingerprint density at radius 3 is 2.71 bits per heavy atom. The Kier molecular flexibility index (Phi) is 2.81. The van der Waals surface area contributed by atoms with Crippen LogP contribution in [0, 0.1) is 10.1 Å². The van der Waals surface area contributed by atoms with Crippen molar-refractivity contribution in [2.45, 2.75) is 38.5 Å². The fourth-order valence-electron chi connectivity index (χ4n) is 2.71. The van der Waals surface area contributed by atoms with Crippen LogP contribution in [0.1, 0.15) is 37.8 Å². The molecule has 0 bridgehead atoms. The summed E-state index contributed by atoms with van der Waals surface area (Å²) in [7, 11) is 1.47. The lowest BCUT2D eigenvalue weighted by molar-refractivity contribution is -0.386. The standard InChI is InChI=1S/C13H17NO3/c1-13(2)8-4-5-9-10(13)6-7-11(17-3)12(9)14(15)16/h6-7H,4-5,8H2,1-3H3. The second-order valence-corrected chi connectivity index (χ2v) is 5.14. The number of methoxy groups -OCH3 is 1. The molecule has 4 nitrogen and oxygen atoms in total. The van der Waals surface area contributed by atoms with Gasteiger partial charge in [0, 0.05) is 5.56 Å². The molecule has 4 heteroatoms. The first-order chi connectivity index (χ1) is 7.97. The molecule has 0 spiro atoms. The smallest absolute Gasteiger partial charge is 0.314 e. The Balaban J connectivity index is 2.68. The maximum absolute atomic E-state index is 11.2. The minimum absolute atomic E-state index is 0.0185. The molecule has 1 aliphatic carbocycles. The van der Waals surface area contributed by atoms with Crippen molar-refractivity contribution in [3.8, 4) is 5.75 Å². The summed E-state index contributed by atoms with van der Waals surface area (Å²) in [5.41, 5.74) is 2.12. The van der Waals surface area contributed by atoms with Crippen LogP contribution in [0.25, 0.3) is 0 Å². The zero-order valence-electron chi connectivity index (χ0n) is 10.4. The summed E-state index contributed by atoms with van der Waals surface area (Å²) in [5, 5.41) is 11.2. The fourth-order valence-corrected chi connectivity index (χ4v) is 2.71. The number of hydrogen-bond acceptors (Lipinski definition) is 3. The Bertz CT molecular complexity index is 466. The maximum atomic E-state index is 11.2. The third-order valence-electron chi connectivity index (χ3n) is 3.61. The van der Waals surface area contributed by atoms with E-state index in [0.717, 1.165) is 30.4 Å². The van der Waals surface area contributed by atoms with E-state index >= 15 is 0 Å². The number of ether oxygens (including phenoxy) is 1. The SMILES string of the molecule is COc1ccc2c(c1[N+](=O)[O-])CCCC2(C)C. The van der Waals surface area contributed by atoms with Gasteiger partial charge in [-0.1, -0.05) is 19.9 Å². The van der Waals surface area contributed by atoms with Crippen LogP contribution in [-0.4, -0.2) is 12.0 Å². The van der Waals surface area contributed by atoms with Crippen LogP contribution >= 0.6 is 0 Å². The van der Waals surface area contributed by atoms with E-state index in [2.05, 4.69) is 13.8 Å². The van der Waals surface area contributed by atoms with Crippen molar-refractivity contribution in [1.82, 2.24) is 0 Å². The van der Waals surface area contributed by atoms with Gasteiger partial charge >= 0.3 is 5.69 Å². The van der Waals surface area contributed by atoms with Gasteiger partial charge in [0.1, 0.15) is 0 Å². The number of rotatable bonds is 2. The minimum Gasteiger partial charge on any atom is -0.490 e. The monoisotopic (exact) mass is 235 g/mol. The first kappa shape index (κ1) is 11.9. The van der Waals surface area contributed by atoms with Crippen LogP contribution in [0.5, 0.6) is 5.75 Å². The van der Waals surface area contributed by atoms with E-state index in [1.165, 1.54) is 7.11 Å². The fraction of sp³-hybridized carbons (Fsp3) is 0.538. The predicted molar refractivity (Wildman–Crippen MR) is 65.6 cm³/mol. The van der Waals surface area contributed by atoms with E-state index in [-0.39, 0.29) is 16.0 Å². The van der Waals surface area contributed by atoms with Gasteiger partial charge in [-0.3, -0.25) is 10.1 Å². The van der Waals surface area contributed by atoms with Crippen molar-refractivity contribution in [3.05, 3.63) is 33.4 Å². The summed E-state index contributed by atoms with van der Waals surface area (Å²) in [6.45, 7) is 4.28. The van der Waals surface area contributed by atoms with Crippen LogP contribution in [-0.2, 0) is 11.8 Å². The van der Waals surface area contributed by atoms with Gasteiger partial charge in [0.2, 0.25) is 0 Å². The van der Waals surface area contributed by atoms with E-state index in [0.29, 0.717) is 5.75 Å². The second-order valence-electron chi connectivity index (χ2n) is 5.14. The average molecular weight is 235 g/mol. The summed E-state index contributed by atoms with van der Waals surface area (Å²) in [5.74, 6) is 0.367. The van der Waals surface area contributed by atoms with E-state index < -0.39 is 0 Å².